The van der Waals surface area contributed by atoms with Crippen LogP contribution in [0.5, 0.6) is 0 Å². The molecule has 6 heteroatoms. The summed E-state index contributed by atoms with van der Waals surface area (Å²) in [6, 6.07) is 17.6. The van der Waals surface area contributed by atoms with E-state index in [2.05, 4.69) is 28.5 Å². The van der Waals surface area contributed by atoms with Gasteiger partial charge in [-0.25, -0.2) is 0 Å². The molecule has 0 saturated heterocycles. The van der Waals surface area contributed by atoms with Gasteiger partial charge in [-0.1, -0.05) is 55.1 Å². The Kier molecular flexibility index (Phi) is 5.73. The lowest BCUT2D eigenvalue weighted by Gasteiger charge is -2.16. The Morgan fingerprint density at radius 2 is 1.77 bits per heavy atom. The molecule has 3 aromatic rings. The third-order valence-electron chi connectivity index (χ3n) is 4.10. The minimum atomic E-state index is -0.249. The molecule has 0 aliphatic carbocycles. The zero-order chi connectivity index (χ0) is 18.5. The standard InChI is InChI=1S/C20H22N4OS/c1-4-18(19(25)21-16-11-6-5-7-12-16)26-20-23-22-15(3)24(20)17-13-9-8-10-14(17)2/h5-13,18H,4H2,1-3H3,(H,21,25)/t18-/m0/s1. The molecule has 1 N–H and O–H groups in total. The highest BCUT2D eigenvalue weighted by Crippen LogP contribution is 2.29. The summed E-state index contributed by atoms with van der Waals surface area (Å²) in [5.41, 5.74) is 2.97. The van der Waals surface area contributed by atoms with Crippen LogP contribution in [0.25, 0.3) is 5.69 Å². The summed E-state index contributed by atoms with van der Waals surface area (Å²) < 4.78 is 2.01. The van der Waals surface area contributed by atoms with Gasteiger partial charge in [-0.05, 0) is 44.0 Å². The summed E-state index contributed by atoms with van der Waals surface area (Å²) in [6.45, 7) is 5.99. The van der Waals surface area contributed by atoms with E-state index in [1.54, 1.807) is 0 Å². The van der Waals surface area contributed by atoms with E-state index >= 15 is 0 Å². The van der Waals surface area contributed by atoms with Gasteiger partial charge in [0, 0.05) is 5.69 Å². The lowest BCUT2D eigenvalue weighted by molar-refractivity contribution is -0.115. The highest BCUT2D eigenvalue weighted by molar-refractivity contribution is 8.00. The van der Waals surface area contributed by atoms with Crippen LogP contribution in [0.4, 0.5) is 5.69 Å². The van der Waals surface area contributed by atoms with Crippen molar-refractivity contribution in [1.29, 1.82) is 0 Å². The van der Waals surface area contributed by atoms with Crippen LogP contribution in [0.1, 0.15) is 24.7 Å². The smallest absolute Gasteiger partial charge is 0.237 e. The minimum Gasteiger partial charge on any atom is -0.325 e. The molecule has 5 nitrogen and oxygen atoms in total. The number of hydrogen-bond donors (Lipinski definition) is 1. The molecular formula is C20H22N4OS. The number of aryl methyl sites for hydroxylation is 2. The van der Waals surface area contributed by atoms with Gasteiger partial charge in [0.05, 0.1) is 10.9 Å². The number of nitrogens with zero attached hydrogens (tertiary/aromatic N) is 3. The van der Waals surface area contributed by atoms with Gasteiger partial charge in [0.15, 0.2) is 5.16 Å². The number of para-hydroxylation sites is 2. The Bertz CT molecular complexity index is 892. The van der Waals surface area contributed by atoms with Crippen molar-refractivity contribution in [3.63, 3.8) is 0 Å². The van der Waals surface area contributed by atoms with E-state index in [0.29, 0.717) is 6.42 Å². The first-order valence-electron chi connectivity index (χ1n) is 8.60. The first kappa shape index (κ1) is 18.2. The molecule has 1 amide bonds. The third-order valence-corrected chi connectivity index (χ3v) is 5.41. The highest BCUT2D eigenvalue weighted by atomic mass is 32.2. The fourth-order valence-corrected chi connectivity index (χ4v) is 3.72. The molecule has 0 unspecified atom stereocenters. The number of anilines is 1. The summed E-state index contributed by atoms with van der Waals surface area (Å²) in [4.78, 5) is 12.7. The number of thioether (sulfide) groups is 1. The molecule has 0 bridgehead atoms. The van der Waals surface area contributed by atoms with Crippen molar-refractivity contribution < 1.29 is 4.79 Å². The van der Waals surface area contributed by atoms with Crippen LogP contribution in [0, 0.1) is 13.8 Å². The van der Waals surface area contributed by atoms with E-state index in [1.807, 2.05) is 66.9 Å². The Balaban J connectivity index is 1.84. The van der Waals surface area contributed by atoms with Gasteiger partial charge in [0.1, 0.15) is 5.82 Å². The maximum Gasteiger partial charge on any atom is 0.237 e. The highest BCUT2D eigenvalue weighted by Gasteiger charge is 2.23. The summed E-state index contributed by atoms with van der Waals surface area (Å²) in [7, 11) is 0. The van der Waals surface area contributed by atoms with Crippen molar-refractivity contribution in [2.45, 2.75) is 37.6 Å². The maximum atomic E-state index is 12.7. The number of rotatable bonds is 6. The lowest BCUT2D eigenvalue weighted by atomic mass is 10.2. The number of carbonyl (C=O) groups excluding carboxylic acids is 1. The van der Waals surface area contributed by atoms with Gasteiger partial charge in [-0.3, -0.25) is 9.36 Å². The van der Waals surface area contributed by atoms with E-state index in [-0.39, 0.29) is 11.2 Å². The van der Waals surface area contributed by atoms with Crippen LogP contribution in [-0.4, -0.2) is 25.9 Å². The molecule has 0 saturated carbocycles. The van der Waals surface area contributed by atoms with Gasteiger partial charge in [-0.15, -0.1) is 10.2 Å². The molecule has 3 rings (SSSR count). The second-order valence-electron chi connectivity index (χ2n) is 6.02. The molecule has 1 heterocycles. The molecule has 0 fully saturated rings. The number of amides is 1. The second-order valence-corrected chi connectivity index (χ2v) is 7.19. The van der Waals surface area contributed by atoms with Crippen molar-refractivity contribution in [3.05, 3.63) is 66.0 Å². The van der Waals surface area contributed by atoms with Crippen molar-refractivity contribution in [2.75, 3.05) is 5.32 Å². The quantitative estimate of drug-likeness (QED) is 0.657. The molecule has 2 aromatic carbocycles. The van der Waals surface area contributed by atoms with Crippen LogP contribution < -0.4 is 5.32 Å². The Hall–Kier alpha value is -2.60. The Labute approximate surface area is 157 Å². The number of aromatic nitrogens is 3. The van der Waals surface area contributed by atoms with Crippen LogP contribution >= 0.6 is 11.8 Å². The number of hydrogen-bond acceptors (Lipinski definition) is 4. The number of nitrogens with one attached hydrogen (secondary N) is 1. The zero-order valence-corrected chi connectivity index (χ0v) is 16.0. The van der Waals surface area contributed by atoms with E-state index in [1.165, 1.54) is 11.8 Å². The molecule has 1 atom stereocenters. The van der Waals surface area contributed by atoms with E-state index in [4.69, 9.17) is 0 Å². The molecular weight excluding hydrogens is 344 g/mol. The normalized spacial score (nSPS) is 12.0. The van der Waals surface area contributed by atoms with Crippen molar-refractivity contribution in [2.24, 2.45) is 0 Å². The van der Waals surface area contributed by atoms with E-state index in [9.17, 15) is 4.79 Å². The number of benzene rings is 2. The Morgan fingerprint density at radius 1 is 1.08 bits per heavy atom. The summed E-state index contributed by atoms with van der Waals surface area (Å²) in [5.74, 6) is 0.779. The van der Waals surface area contributed by atoms with Crippen molar-refractivity contribution >= 4 is 23.4 Å². The average Bonchev–Trinajstić information content (AvgIpc) is 3.01. The summed E-state index contributed by atoms with van der Waals surface area (Å²) in [6.07, 6.45) is 0.697. The predicted octanol–water partition coefficient (Wildman–Crippen LogP) is 4.39. The molecule has 0 spiro atoms. The molecule has 134 valence electrons. The van der Waals surface area contributed by atoms with Crippen LogP contribution in [0.2, 0.25) is 0 Å². The van der Waals surface area contributed by atoms with E-state index < -0.39 is 0 Å². The van der Waals surface area contributed by atoms with E-state index in [0.717, 1.165) is 27.9 Å². The van der Waals surface area contributed by atoms with Crippen LogP contribution in [0.3, 0.4) is 0 Å². The average molecular weight is 366 g/mol. The third kappa shape index (κ3) is 3.96. The predicted molar refractivity (Wildman–Crippen MR) is 106 cm³/mol. The fraction of sp³-hybridized carbons (Fsp3) is 0.250. The molecule has 0 aliphatic rings. The first-order chi connectivity index (χ1) is 12.6. The van der Waals surface area contributed by atoms with Crippen LogP contribution in [0.15, 0.2) is 59.8 Å². The van der Waals surface area contributed by atoms with Crippen LogP contribution in [-0.2, 0) is 4.79 Å². The summed E-state index contributed by atoms with van der Waals surface area (Å²) in [5, 5.41) is 12.0. The molecule has 0 aliphatic heterocycles. The van der Waals surface area contributed by atoms with Gasteiger partial charge in [-0.2, -0.15) is 0 Å². The minimum absolute atomic E-state index is 0.0271. The lowest BCUT2D eigenvalue weighted by Crippen LogP contribution is -2.25. The SMILES string of the molecule is CC[C@H](Sc1nnc(C)n1-c1ccccc1C)C(=O)Nc1ccccc1. The molecule has 26 heavy (non-hydrogen) atoms. The van der Waals surface area contributed by atoms with Gasteiger partial charge in [0.25, 0.3) is 0 Å². The van der Waals surface area contributed by atoms with Gasteiger partial charge < -0.3 is 5.32 Å². The molecule has 1 aromatic heterocycles. The van der Waals surface area contributed by atoms with Crippen molar-refractivity contribution in [3.8, 4) is 5.69 Å². The zero-order valence-electron chi connectivity index (χ0n) is 15.1. The monoisotopic (exact) mass is 366 g/mol. The maximum absolute atomic E-state index is 12.7. The largest absolute Gasteiger partial charge is 0.325 e. The van der Waals surface area contributed by atoms with Crippen molar-refractivity contribution in [1.82, 2.24) is 14.8 Å². The van der Waals surface area contributed by atoms with Gasteiger partial charge in [0.2, 0.25) is 5.91 Å². The summed E-state index contributed by atoms with van der Waals surface area (Å²) >= 11 is 1.44. The second kappa shape index (κ2) is 8.19. The number of carbonyl (C=O) groups is 1. The topological polar surface area (TPSA) is 59.8 Å². The molecule has 0 radical (unpaired) electrons. The van der Waals surface area contributed by atoms with Gasteiger partial charge >= 0.3 is 0 Å². The Morgan fingerprint density at radius 3 is 2.46 bits per heavy atom. The first-order valence-corrected chi connectivity index (χ1v) is 9.48. The fourth-order valence-electron chi connectivity index (χ4n) is 2.70.